The van der Waals surface area contributed by atoms with Crippen molar-refractivity contribution in [2.75, 3.05) is 20.1 Å². The largest absolute Gasteiger partial charge is 0.489 e. The highest BCUT2D eigenvalue weighted by atomic mass is 32.2. The molecule has 1 saturated carbocycles. The fraction of sp³-hybridized carbons (Fsp3) is 0.500. The van der Waals surface area contributed by atoms with Gasteiger partial charge in [0.05, 0.1) is 15.9 Å². The van der Waals surface area contributed by atoms with Crippen molar-refractivity contribution >= 4 is 21.7 Å². The number of aliphatic hydroxyl groups is 1. The number of nitrogens with one attached hydrogen (secondary N) is 1. The average Bonchev–Trinajstić information content (AvgIpc) is 3.49. The van der Waals surface area contributed by atoms with Gasteiger partial charge in [0.25, 0.3) is 10.0 Å². The number of carbonyl (C=O) groups excluding carboxylic acids is 2. The summed E-state index contributed by atoms with van der Waals surface area (Å²) in [6, 6.07) is 15.7. The molecule has 1 unspecified atom stereocenters. The Kier molecular flexibility index (Phi) is 14.1. The van der Waals surface area contributed by atoms with Gasteiger partial charge >= 0.3 is 0 Å². The van der Waals surface area contributed by atoms with Gasteiger partial charge in [-0.1, -0.05) is 49.4 Å². The Balaban J connectivity index is 0.000000917. The van der Waals surface area contributed by atoms with Crippen molar-refractivity contribution in [3.63, 3.8) is 0 Å². The quantitative estimate of drug-likeness (QED) is 0.403. The van der Waals surface area contributed by atoms with E-state index in [2.05, 4.69) is 23.2 Å². The van der Waals surface area contributed by atoms with E-state index in [1.165, 1.54) is 12.1 Å². The van der Waals surface area contributed by atoms with Crippen molar-refractivity contribution in [2.24, 2.45) is 17.3 Å². The van der Waals surface area contributed by atoms with Gasteiger partial charge in [-0.2, -0.15) is 0 Å². The SMILES string of the molecule is C=CC1C[C@]1(CC)C(=O)NS(=O)(=O)c1cccc(OCc2ccccc2)c1.CC(=O)[C@H]1CCN(C)C1.CC(C)(C)O.O.[HH]. The number of amides is 1. The van der Waals surface area contributed by atoms with Crippen molar-refractivity contribution in [1.29, 1.82) is 0 Å². The number of hydrogen-bond donors (Lipinski definition) is 2. The molecule has 0 spiro atoms. The molecule has 1 saturated heterocycles. The lowest BCUT2D eigenvalue weighted by Gasteiger charge is -2.15. The van der Waals surface area contributed by atoms with E-state index in [4.69, 9.17) is 9.84 Å². The van der Waals surface area contributed by atoms with E-state index in [1.54, 1.807) is 45.9 Å². The van der Waals surface area contributed by atoms with Gasteiger partial charge < -0.3 is 20.2 Å². The number of Topliss-reactive ketones (excluding diaryl/α,β-unsaturated/α-hetero) is 1. The van der Waals surface area contributed by atoms with E-state index in [0.717, 1.165) is 25.1 Å². The van der Waals surface area contributed by atoms with Crippen LogP contribution in [-0.2, 0) is 26.2 Å². The molecular weight excluding hydrogens is 556 g/mol. The van der Waals surface area contributed by atoms with Crippen LogP contribution >= 0.6 is 0 Å². The molecule has 0 radical (unpaired) electrons. The van der Waals surface area contributed by atoms with E-state index < -0.39 is 26.9 Å². The third-order valence-electron chi connectivity index (χ3n) is 7.06. The van der Waals surface area contributed by atoms with Crippen molar-refractivity contribution < 1.29 is 34.8 Å². The molecule has 42 heavy (non-hydrogen) atoms. The second kappa shape index (κ2) is 16.0. The molecule has 0 aromatic heterocycles. The zero-order valence-electron chi connectivity index (χ0n) is 25.7. The molecule has 9 nitrogen and oxygen atoms in total. The fourth-order valence-electron chi connectivity index (χ4n) is 4.49. The number of hydrogen-bond acceptors (Lipinski definition) is 7. The van der Waals surface area contributed by atoms with Crippen LogP contribution in [0, 0.1) is 17.3 Å². The summed E-state index contributed by atoms with van der Waals surface area (Å²) in [5, 5.41) is 8.52. The highest BCUT2D eigenvalue weighted by Gasteiger charge is 2.57. The molecule has 2 aromatic carbocycles. The minimum Gasteiger partial charge on any atom is -0.489 e. The van der Waals surface area contributed by atoms with Gasteiger partial charge in [-0.05, 0) is 84.2 Å². The first-order chi connectivity index (χ1) is 19.1. The first-order valence-corrected chi connectivity index (χ1v) is 15.5. The molecule has 4 N–H and O–H groups in total. The highest BCUT2D eigenvalue weighted by molar-refractivity contribution is 7.90. The zero-order chi connectivity index (χ0) is 30.8. The van der Waals surface area contributed by atoms with E-state index in [1.807, 2.05) is 37.3 Å². The Bertz CT molecular complexity index is 1280. The van der Waals surface area contributed by atoms with Gasteiger partial charge in [-0.25, -0.2) is 13.1 Å². The molecule has 1 heterocycles. The number of rotatable bonds is 9. The molecule has 4 rings (SSSR count). The molecule has 236 valence electrons. The summed E-state index contributed by atoms with van der Waals surface area (Å²) in [7, 11) is -1.91. The van der Waals surface area contributed by atoms with E-state index >= 15 is 0 Å². The Labute approximate surface area is 252 Å². The number of ketones is 1. The van der Waals surface area contributed by atoms with Gasteiger partial charge in [0, 0.05) is 20.0 Å². The lowest BCUT2D eigenvalue weighted by atomic mass is 10.00. The van der Waals surface area contributed by atoms with Crippen LogP contribution in [0.5, 0.6) is 5.75 Å². The predicted octanol–water partition coefficient (Wildman–Crippen LogP) is 4.40. The number of likely N-dealkylation sites (tertiary alicyclic amines) is 1. The Hall–Kier alpha value is -3.05. The fourth-order valence-corrected chi connectivity index (χ4v) is 5.59. The zero-order valence-corrected chi connectivity index (χ0v) is 26.5. The first-order valence-electron chi connectivity index (χ1n) is 14.0. The van der Waals surface area contributed by atoms with Crippen LogP contribution in [0.25, 0.3) is 0 Å². The van der Waals surface area contributed by atoms with Crippen LogP contribution in [0.3, 0.4) is 0 Å². The monoisotopic (exact) mass is 606 g/mol. The average molecular weight is 607 g/mol. The molecule has 2 aromatic rings. The molecule has 10 heteroatoms. The third kappa shape index (κ3) is 11.7. The van der Waals surface area contributed by atoms with Crippen LogP contribution < -0.4 is 9.46 Å². The van der Waals surface area contributed by atoms with Gasteiger partial charge in [0.2, 0.25) is 5.91 Å². The van der Waals surface area contributed by atoms with Crippen LogP contribution in [0.15, 0.2) is 72.1 Å². The van der Waals surface area contributed by atoms with Crippen molar-refractivity contribution in [3.05, 3.63) is 72.8 Å². The maximum absolute atomic E-state index is 12.6. The maximum atomic E-state index is 12.6. The molecule has 0 bridgehead atoms. The van der Waals surface area contributed by atoms with E-state index in [0.29, 0.717) is 36.9 Å². The molecule has 1 aliphatic heterocycles. The molecule has 1 aliphatic carbocycles. The summed E-state index contributed by atoms with van der Waals surface area (Å²) in [6.45, 7) is 14.9. The summed E-state index contributed by atoms with van der Waals surface area (Å²) >= 11 is 0. The van der Waals surface area contributed by atoms with Crippen molar-refractivity contribution in [2.45, 2.75) is 71.0 Å². The number of carbonyl (C=O) groups is 2. The van der Waals surface area contributed by atoms with Gasteiger partial charge in [0.15, 0.2) is 0 Å². The Morgan fingerprint density at radius 1 is 1.19 bits per heavy atom. The van der Waals surface area contributed by atoms with Crippen molar-refractivity contribution in [3.8, 4) is 5.75 Å². The molecule has 3 atom stereocenters. The molecule has 2 fully saturated rings. The van der Waals surface area contributed by atoms with Crippen LogP contribution in [-0.4, -0.2) is 61.3 Å². The predicted molar refractivity (Wildman–Crippen MR) is 168 cm³/mol. The number of ether oxygens (including phenoxy) is 1. The van der Waals surface area contributed by atoms with Crippen LogP contribution in [0.1, 0.15) is 60.9 Å². The highest BCUT2D eigenvalue weighted by Crippen LogP contribution is 2.56. The first kappa shape index (κ1) is 37.0. The van der Waals surface area contributed by atoms with E-state index in [9.17, 15) is 18.0 Å². The topological polar surface area (TPSA) is 145 Å². The second-order valence-corrected chi connectivity index (χ2v) is 13.5. The summed E-state index contributed by atoms with van der Waals surface area (Å²) in [4.78, 5) is 25.5. The van der Waals surface area contributed by atoms with Crippen LogP contribution in [0.4, 0.5) is 0 Å². The number of benzene rings is 2. The lowest BCUT2D eigenvalue weighted by Crippen LogP contribution is -2.37. The van der Waals surface area contributed by atoms with Gasteiger partial charge in [0.1, 0.15) is 18.1 Å². The van der Waals surface area contributed by atoms with Crippen molar-refractivity contribution in [1.82, 2.24) is 9.62 Å². The molecular formula is C32H50N2O7S. The summed E-state index contributed by atoms with van der Waals surface area (Å²) in [6.07, 6.45) is 3.99. The number of sulfonamides is 1. The van der Waals surface area contributed by atoms with Gasteiger partial charge in [-0.3, -0.25) is 9.59 Å². The molecule has 2 aliphatic rings. The second-order valence-electron chi connectivity index (χ2n) is 11.8. The lowest BCUT2D eigenvalue weighted by molar-refractivity contribution is -0.125. The number of nitrogens with zero attached hydrogens (tertiary/aromatic N) is 1. The van der Waals surface area contributed by atoms with Gasteiger partial charge in [-0.15, -0.1) is 6.58 Å². The summed E-state index contributed by atoms with van der Waals surface area (Å²) in [5.74, 6) is 0.660. The normalized spacial score (nSPS) is 21.3. The van der Waals surface area contributed by atoms with E-state index in [-0.39, 0.29) is 17.7 Å². The molecule has 1 amide bonds. The Morgan fingerprint density at radius 3 is 2.26 bits per heavy atom. The third-order valence-corrected chi connectivity index (χ3v) is 8.39. The summed E-state index contributed by atoms with van der Waals surface area (Å²) in [5.41, 5.74) is -0.177. The smallest absolute Gasteiger partial charge is 0.264 e. The minimum atomic E-state index is -3.96. The Morgan fingerprint density at radius 2 is 1.81 bits per heavy atom. The summed E-state index contributed by atoms with van der Waals surface area (Å²) < 4.78 is 33.2. The standard InChI is InChI=1S/C21H23NO4S.C7H13NO.C4H10O.H2O.H2/c1-3-17-14-21(17,4-2)20(23)22-27(24,25)19-12-8-11-18(13-19)26-15-16-9-6-5-7-10-16;1-6(9)7-3-4-8(2)5-7;1-4(2,3)5;;/h3,5-13,17H,1,4,14-15H2,2H3,(H,22,23);7H,3-5H2,1-2H3;5H,1-3H3;1H2;1H/t17?,21-;7-;;;/m00.../s1. The minimum absolute atomic E-state index is 0. The maximum Gasteiger partial charge on any atom is 0.264 e. The van der Waals surface area contributed by atoms with Crippen LogP contribution in [0.2, 0.25) is 0 Å². The number of allylic oxidation sites excluding steroid dienone is 1.